The Morgan fingerprint density at radius 1 is 1.40 bits per heavy atom. The maximum atomic E-state index is 9.77. The van der Waals surface area contributed by atoms with Crippen LogP contribution in [0.1, 0.15) is 19.3 Å². The Balaban J connectivity index is 1.75. The molecule has 20 heavy (non-hydrogen) atoms. The van der Waals surface area contributed by atoms with Crippen molar-refractivity contribution in [1.29, 1.82) is 0 Å². The fourth-order valence-corrected chi connectivity index (χ4v) is 2.43. The zero-order valence-corrected chi connectivity index (χ0v) is 11.2. The first-order chi connectivity index (χ1) is 9.76. The van der Waals surface area contributed by atoms with Crippen LogP contribution in [0, 0.1) is 0 Å². The Labute approximate surface area is 116 Å². The third-order valence-corrected chi connectivity index (χ3v) is 3.54. The number of benzene rings is 1. The zero-order chi connectivity index (χ0) is 13.9. The van der Waals surface area contributed by atoms with Gasteiger partial charge in [0.1, 0.15) is 5.75 Å². The molecule has 106 valence electrons. The molecule has 3 rings (SSSR count). The van der Waals surface area contributed by atoms with Crippen LogP contribution < -0.4 is 10.1 Å². The highest BCUT2D eigenvalue weighted by Gasteiger charge is 2.26. The van der Waals surface area contributed by atoms with Crippen molar-refractivity contribution in [3.63, 3.8) is 0 Å². The smallest absolute Gasteiger partial charge is 0.322 e. The first-order valence-electron chi connectivity index (χ1n) is 6.69. The molecule has 2 unspecified atom stereocenters. The molecule has 0 saturated heterocycles. The van der Waals surface area contributed by atoms with Gasteiger partial charge in [0.15, 0.2) is 0 Å². The third kappa shape index (κ3) is 2.60. The summed E-state index contributed by atoms with van der Waals surface area (Å²) in [5.74, 6) is 1.24. The molecule has 1 aliphatic carbocycles. The molecule has 1 heterocycles. The number of hydrogen-bond donors (Lipinski definition) is 2. The molecular weight excluding hydrogens is 258 g/mol. The number of ether oxygens (including phenoxy) is 1. The average molecular weight is 275 g/mol. The fourth-order valence-electron chi connectivity index (χ4n) is 2.43. The van der Waals surface area contributed by atoms with Crippen LogP contribution in [0.5, 0.6) is 5.75 Å². The molecule has 1 aromatic heterocycles. The highest BCUT2D eigenvalue weighted by Crippen LogP contribution is 2.25. The number of aliphatic hydroxyl groups is 1. The van der Waals surface area contributed by atoms with Crippen molar-refractivity contribution >= 4 is 6.01 Å². The van der Waals surface area contributed by atoms with Gasteiger partial charge in [0.2, 0.25) is 5.82 Å². The number of aliphatic hydroxyl groups excluding tert-OH is 1. The van der Waals surface area contributed by atoms with E-state index < -0.39 is 0 Å². The summed E-state index contributed by atoms with van der Waals surface area (Å²) in [6.07, 6.45) is 2.39. The van der Waals surface area contributed by atoms with Crippen LogP contribution >= 0.6 is 0 Å². The molecule has 0 amide bonds. The van der Waals surface area contributed by atoms with E-state index in [0.717, 1.165) is 30.6 Å². The van der Waals surface area contributed by atoms with Crippen LogP contribution in [0.2, 0.25) is 0 Å². The SMILES string of the molecule is COc1cccc(-c2noc(NC3CCCC3O)n2)c1. The molecule has 1 aliphatic rings. The van der Waals surface area contributed by atoms with Gasteiger partial charge in [-0.25, -0.2) is 0 Å². The second-order valence-electron chi connectivity index (χ2n) is 4.90. The Morgan fingerprint density at radius 2 is 2.30 bits per heavy atom. The number of anilines is 1. The monoisotopic (exact) mass is 275 g/mol. The minimum Gasteiger partial charge on any atom is -0.497 e. The normalized spacial score (nSPS) is 21.9. The molecule has 6 nitrogen and oxygen atoms in total. The van der Waals surface area contributed by atoms with Crippen molar-refractivity contribution in [1.82, 2.24) is 10.1 Å². The molecule has 1 fully saturated rings. The van der Waals surface area contributed by atoms with Crippen molar-refractivity contribution in [3.8, 4) is 17.1 Å². The quantitative estimate of drug-likeness (QED) is 0.889. The number of nitrogens with one attached hydrogen (secondary N) is 1. The molecule has 0 bridgehead atoms. The van der Waals surface area contributed by atoms with Gasteiger partial charge in [-0.1, -0.05) is 17.3 Å². The van der Waals surface area contributed by atoms with E-state index in [4.69, 9.17) is 9.26 Å². The van der Waals surface area contributed by atoms with Gasteiger partial charge in [-0.15, -0.1) is 0 Å². The lowest BCUT2D eigenvalue weighted by molar-refractivity contribution is 0.170. The zero-order valence-electron chi connectivity index (χ0n) is 11.2. The number of rotatable bonds is 4. The Hall–Kier alpha value is -2.08. The van der Waals surface area contributed by atoms with E-state index in [0.29, 0.717) is 11.8 Å². The summed E-state index contributed by atoms with van der Waals surface area (Å²) in [4.78, 5) is 4.30. The largest absolute Gasteiger partial charge is 0.497 e. The summed E-state index contributed by atoms with van der Waals surface area (Å²) in [7, 11) is 1.61. The lowest BCUT2D eigenvalue weighted by Crippen LogP contribution is -2.27. The van der Waals surface area contributed by atoms with Crippen LogP contribution in [0.25, 0.3) is 11.4 Å². The maximum absolute atomic E-state index is 9.77. The van der Waals surface area contributed by atoms with Crippen LogP contribution in [0.15, 0.2) is 28.8 Å². The van der Waals surface area contributed by atoms with E-state index in [2.05, 4.69) is 15.5 Å². The van der Waals surface area contributed by atoms with Crippen LogP contribution in [0.3, 0.4) is 0 Å². The summed E-state index contributed by atoms with van der Waals surface area (Å²) in [6, 6.07) is 7.80. The van der Waals surface area contributed by atoms with E-state index in [1.807, 2.05) is 24.3 Å². The van der Waals surface area contributed by atoms with E-state index in [9.17, 15) is 5.11 Å². The molecule has 0 radical (unpaired) electrons. The predicted molar refractivity (Wildman–Crippen MR) is 73.6 cm³/mol. The number of aromatic nitrogens is 2. The molecule has 2 aromatic rings. The fraction of sp³-hybridized carbons (Fsp3) is 0.429. The molecule has 2 N–H and O–H groups in total. The lowest BCUT2D eigenvalue weighted by Gasteiger charge is -2.13. The van der Waals surface area contributed by atoms with Crippen molar-refractivity contribution in [2.45, 2.75) is 31.4 Å². The van der Waals surface area contributed by atoms with Crippen LogP contribution in [-0.2, 0) is 0 Å². The summed E-state index contributed by atoms with van der Waals surface area (Å²) in [5, 5.41) is 16.8. The van der Waals surface area contributed by atoms with E-state index in [1.54, 1.807) is 7.11 Å². The van der Waals surface area contributed by atoms with E-state index >= 15 is 0 Å². The standard InChI is InChI=1S/C14H17N3O3/c1-19-10-5-2-4-9(8-10)13-16-14(20-17-13)15-11-6-3-7-12(11)18/h2,4-5,8,11-12,18H,3,6-7H2,1H3,(H,15,16,17). The summed E-state index contributed by atoms with van der Waals surface area (Å²) in [6.45, 7) is 0. The number of nitrogens with zero attached hydrogens (tertiary/aromatic N) is 2. The summed E-state index contributed by atoms with van der Waals surface area (Å²) < 4.78 is 10.3. The maximum Gasteiger partial charge on any atom is 0.322 e. The van der Waals surface area contributed by atoms with Crippen molar-refractivity contribution in [2.75, 3.05) is 12.4 Å². The van der Waals surface area contributed by atoms with Gasteiger partial charge in [0.05, 0.1) is 19.3 Å². The molecule has 1 aromatic carbocycles. The second kappa shape index (κ2) is 5.50. The van der Waals surface area contributed by atoms with Gasteiger partial charge in [0.25, 0.3) is 0 Å². The van der Waals surface area contributed by atoms with Crippen molar-refractivity contribution < 1.29 is 14.4 Å². The lowest BCUT2D eigenvalue weighted by atomic mass is 10.2. The molecule has 1 saturated carbocycles. The van der Waals surface area contributed by atoms with Gasteiger partial charge in [-0.3, -0.25) is 0 Å². The molecule has 6 heteroatoms. The Morgan fingerprint density at radius 3 is 3.05 bits per heavy atom. The van der Waals surface area contributed by atoms with Gasteiger partial charge >= 0.3 is 6.01 Å². The molecule has 2 atom stereocenters. The average Bonchev–Trinajstić information content (AvgIpc) is 3.10. The van der Waals surface area contributed by atoms with Gasteiger partial charge in [-0.2, -0.15) is 4.98 Å². The van der Waals surface area contributed by atoms with Crippen LogP contribution in [0.4, 0.5) is 6.01 Å². The summed E-state index contributed by atoms with van der Waals surface area (Å²) in [5.41, 5.74) is 0.827. The van der Waals surface area contributed by atoms with Gasteiger partial charge < -0.3 is 19.7 Å². The second-order valence-corrected chi connectivity index (χ2v) is 4.90. The number of hydrogen-bond acceptors (Lipinski definition) is 6. The highest BCUT2D eigenvalue weighted by molar-refractivity contribution is 5.57. The Bertz CT molecular complexity index is 585. The van der Waals surface area contributed by atoms with Gasteiger partial charge in [0, 0.05) is 5.56 Å². The molecule has 0 spiro atoms. The summed E-state index contributed by atoms with van der Waals surface area (Å²) >= 11 is 0. The minimum absolute atomic E-state index is 0.00592. The third-order valence-electron chi connectivity index (χ3n) is 3.54. The van der Waals surface area contributed by atoms with Crippen LogP contribution in [-0.4, -0.2) is 34.5 Å². The van der Waals surface area contributed by atoms with E-state index in [-0.39, 0.29) is 12.1 Å². The minimum atomic E-state index is -0.345. The number of methoxy groups -OCH3 is 1. The Kier molecular flexibility index (Phi) is 3.56. The highest BCUT2D eigenvalue weighted by atomic mass is 16.5. The molecule has 0 aliphatic heterocycles. The first kappa shape index (κ1) is 12.9. The molecular formula is C14H17N3O3. The topological polar surface area (TPSA) is 80.4 Å². The predicted octanol–water partition coefficient (Wildman–Crippen LogP) is 2.07. The van der Waals surface area contributed by atoms with Crippen molar-refractivity contribution in [2.24, 2.45) is 0 Å². The van der Waals surface area contributed by atoms with E-state index in [1.165, 1.54) is 0 Å². The first-order valence-corrected chi connectivity index (χ1v) is 6.69. The van der Waals surface area contributed by atoms with Gasteiger partial charge in [-0.05, 0) is 31.4 Å². The van der Waals surface area contributed by atoms with Crippen molar-refractivity contribution in [3.05, 3.63) is 24.3 Å².